The van der Waals surface area contributed by atoms with Crippen LogP contribution in [0, 0.1) is 0 Å². The molecule has 0 aliphatic rings. The molecule has 0 unspecified atom stereocenters. The van der Waals surface area contributed by atoms with Crippen molar-refractivity contribution in [1.82, 2.24) is 9.88 Å². The van der Waals surface area contributed by atoms with Crippen molar-refractivity contribution < 1.29 is 4.79 Å². The van der Waals surface area contributed by atoms with Crippen molar-refractivity contribution in [3.8, 4) is 0 Å². The number of nitrogens with zero attached hydrogens (tertiary/aromatic N) is 2. The van der Waals surface area contributed by atoms with E-state index in [4.69, 9.17) is 11.6 Å². The number of benzene rings is 1. The van der Waals surface area contributed by atoms with Crippen molar-refractivity contribution in [2.45, 2.75) is 16.5 Å². The average molecular weight is 301 g/mol. The minimum Gasteiger partial charge on any atom is -0.348 e. The topological polar surface area (TPSA) is 33.2 Å². The fraction of sp³-hybridized carbons (Fsp3) is 0.333. The molecule has 18 heavy (non-hydrogen) atoms. The zero-order chi connectivity index (χ0) is 13.3. The second kappa shape index (κ2) is 5.47. The van der Waals surface area contributed by atoms with Crippen LogP contribution in [0.5, 0.6) is 0 Å². The number of thioether (sulfide) groups is 1. The monoisotopic (exact) mass is 300 g/mol. The van der Waals surface area contributed by atoms with Crippen LogP contribution < -0.4 is 0 Å². The number of halogens is 1. The molecule has 1 aromatic carbocycles. The van der Waals surface area contributed by atoms with Crippen LogP contribution in [0.3, 0.4) is 0 Å². The van der Waals surface area contributed by atoms with Gasteiger partial charge in [-0.05, 0) is 25.1 Å². The lowest BCUT2D eigenvalue weighted by Crippen LogP contribution is -2.29. The van der Waals surface area contributed by atoms with Gasteiger partial charge >= 0.3 is 0 Å². The van der Waals surface area contributed by atoms with E-state index in [1.54, 1.807) is 30.3 Å². The number of fused-ring (bicyclic) bond motifs is 1. The minimum absolute atomic E-state index is 0.0947. The van der Waals surface area contributed by atoms with Crippen LogP contribution in [0.1, 0.15) is 6.92 Å². The second-order valence-electron chi connectivity index (χ2n) is 4.08. The Labute approximate surface area is 119 Å². The Bertz CT molecular complexity index is 582. The third kappa shape index (κ3) is 2.96. The SMILES string of the molecule is C[C@@H](Sc1nc2cc(Cl)ccc2s1)C(=O)N(C)C. The minimum atomic E-state index is -0.129. The molecule has 1 heterocycles. The van der Waals surface area contributed by atoms with Gasteiger partial charge in [0.05, 0.1) is 15.5 Å². The van der Waals surface area contributed by atoms with Gasteiger partial charge in [-0.25, -0.2) is 4.98 Å². The lowest BCUT2D eigenvalue weighted by molar-refractivity contribution is -0.127. The van der Waals surface area contributed by atoms with Gasteiger partial charge in [-0.2, -0.15) is 0 Å². The summed E-state index contributed by atoms with van der Waals surface area (Å²) in [5, 5.41) is 0.554. The van der Waals surface area contributed by atoms with Gasteiger partial charge in [-0.1, -0.05) is 23.4 Å². The molecule has 0 saturated heterocycles. The summed E-state index contributed by atoms with van der Waals surface area (Å²) in [5.74, 6) is 0.0947. The summed E-state index contributed by atoms with van der Waals surface area (Å²) in [6, 6.07) is 5.65. The fourth-order valence-corrected chi connectivity index (χ4v) is 4.00. The van der Waals surface area contributed by atoms with Crippen molar-refractivity contribution in [3.63, 3.8) is 0 Å². The van der Waals surface area contributed by atoms with Gasteiger partial charge in [0.25, 0.3) is 0 Å². The molecule has 0 N–H and O–H groups in total. The highest BCUT2D eigenvalue weighted by molar-refractivity contribution is 8.02. The number of thiazole rings is 1. The van der Waals surface area contributed by atoms with Crippen molar-refractivity contribution >= 4 is 50.8 Å². The molecule has 96 valence electrons. The predicted octanol–water partition coefficient (Wildman–Crippen LogP) is 3.52. The number of carbonyl (C=O) groups is 1. The normalized spacial score (nSPS) is 12.7. The standard InChI is InChI=1S/C12H13ClN2OS2/c1-7(11(16)15(2)3)17-12-14-9-6-8(13)4-5-10(9)18-12/h4-7H,1-3H3/t7-/m1/s1. The molecule has 0 fully saturated rings. The molecule has 2 rings (SSSR count). The number of carbonyl (C=O) groups excluding carboxylic acids is 1. The first-order valence-electron chi connectivity index (χ1n) is 5.41. The number of rotatable bonds is 3. The first-order valence-corrected chi connectivity index (χ1v) is 7.48. The third-order valence-electron chi connectivity index (χ3n) is 2.40. The maximum atomic E-state index is 11.8. The van der Waals surface area contributed by atoms with E-state index in [1.807, 2.05) is 25.1 Å². The molecule has 0 aliphatic carbocycles. The smallest absolute Gasteiger partial charge is 0.235 e. The van der Waals surface area contributed by atoms with Gasteiger partial charge in [0.15, 0.2) is 4.34 Å². The molecule has 6 heteroatoms. The van der Waals surface area contributed by atoms with E-state index >= 15 is 0 Å². The van der Waals surface area contributed by atoms with Gasteiger partial charge < -0.3 is 4.90 Å². The number of hydrogen-bond acceptors (Lipinski definition) is 4. The maximum Gasteiger partial charge on any atom is 0.235 e. The van der Waals surface area contributed by atoms with Crippen molar-refractivity contribution in [3.05, 3.63) is 23.2 Å². The maximum absolute atomic E-state index is 11.8. The zero-order valence-corrected chi connectivity index (χ0v) is 12.7. The molecule has 0 saturated carbocycles. The fourth-order valence-electron chi connectivity index (χ4n) is 1.50. The quantitative estimate of drug-likeness (QED) is 0.813. The molecule has 1 aromatic heterocycles. The van der Waals surface area contributed by atoms with Crippen molar-refractivity contribution in [2.24, 2.45) is 0 Å². The Morgan fingerprint density at radius 2 is 2.22 bits per heavy atom. The molecule has 2 aromatic rings. The van der Waals surface area contributed by atoms with Crippen molar-refractivity contribution in [1.29, 1.82) is 0 Å². The number of hydrogen-bond donors (Lipinski definition) is 0. The van der Waals surface area contributed by atoms with Crippen LogP contribution in [-0.2, 0) is 4.79 Å². The summed E-state index contributed by atoms with van der Waals surface area (Å²) in [6.45, 7) is 1.89. The number of aromatic nitrogens is 1. The number of amides is 1. The van der Waals surface area contributed by atoms with Crippen LogP contribution >= 0.6 is 34.7 Å². The summed E-state index contributed by atoms with van der Waals surface area (Å²) >= 11 is 8.99. The van der Waals surface area contributed by atoms with Crippen molar-refractivity contribution in [2.75, 3.05) is 14.1 Å². The van der Waals surface area contributed by atoms with E-state index in [0.717, 1.165) is 14.6 Å². The highest BCUT2D eigenvalue weighted by atomic mass is 35.5. The van der Waals surface area contributed by atoms with Gasteiger partial charge in [0.2, 0.25) is 5.91 Å². The molecular weight excluding hydrogens is 288 g/mol. The molecule has 1 amide bonds. The van der Waals surface area contributed by atoms with Gasteiger partial charge in [0, 0.05) is 19.1 Å². The molecule has 1 atom stereocenters. The Kier molecular flexibility index (Phi) is 4.14. The molecule has 0 radical (unpaired) electrons. The van der Waals surface area contributed by atoms with Gasteiger partial charge in [0.1, 0.15) is 0 Å². The highest BCUT2D eigenvalue weighted by Gasteiger charge is 2.18. The van der Waals surface area contributed by atoms with Crippen LogP contribution in [0.2, 0.25) is 5.02 Å². The molecule has 3 nitrogen and oxygen atoms in total. The molecular formula is C12H13ClN2OS2. The first kappa shape index (κ1) is 13.6. The summed E-state index contributed by atoms with van der Waals surface area (Å²) < 4.78 is 1.99. The largest absolute Gasteiger partial charge is 0.348 e. The van der Waals surface area contributed by atoms with Gasteiger partial charge in [-0.3, -0.25) is 4.79 Å². The zero-order valence-electron chi connectivity index (χ0n) is 10.3. The van der Waals surface area contributed by atoms with Crippen LogP contribution in [0.4, 0.5) is 0 Å². The van der Waals surface area contributed by atoms with E-state index in [9.17, 15) is 4.79 Å². The Morgan fingerprint density at radius 1 is 1.50 bits per heavy atom. The molecule has 0 bridgehead atoms. The first-order chi connectivity index (χ1) is 8.47. The van der Waals surface area contributed by atoms with Gasteiger partial charge in [-0.15, -0.1) is 11.3 Å². The van der Waals surface area contributed by atoms with E-state index in [0.29, 0.717) is 5.02 Å². The van der Waals surface area contributed by atoms with E-state index in [2.05, 4.69) is 4.98 Å². The summed E-state index contributed by atoms with van der Waals surface area (Å²) in [7, 11) is 3.52. The Hall–Kier alpha value is -0.780. The highest BCUT2D eigenvalue weighted by Crippen LogP contribution is 2.33. The second-order valence-corrected chi connectivity index (χ2v) is 7.14. The summed E-state index contributed by atoms with van der Waals surface area (Å²) in [4.78, 5) is 17.9. The van der Waals surface area contributed by atoms with Crippen LogP contribution in [0.15, 0.2) is 22.5 Å². The lowest BCUT2D eigenvalue weighted by Gasteiger charge is -2.14. The van der Waals surface area contributed by atoms with E-state index in [1.165, 1.54) is 11.8 Å². The Balaban J connectivity index is 2.19. The predicted molar refractivity (Wildman–Crippen MR) is 78.6 cm³/mol. The molecule has 0 aliphatic heterocycles. The van der Waals surface area contributed by atoms with Crippen LogP contribution in [-0.4, -0.2) is 35.1 Å². The molecule has 0 spiro atoms. The lowest BCUT2D eigenvalue weighted by atomic mass is 10.3. The summed E-state index contributed by atoms with van der Waals surface area (Å²) in [6.07, 6.45) is 0. The van der Waals surface area contributed by atoms with E-state index in [-0.39, 0.29) is 11.2 Å². The summed E-state index contributed by atoms with van der Waals surface area (Å²) in [5.41, 5.74) is 0.888. The average Bonchev–Trinajstić information content (AvgIpc) is 2.68. The van der Waals surface area contributed by atoms with E-state index < -0.39 is 0 Å². The van der Waals surface area contributed by atoms with Crippen LogP contribution in [0.25, 0.3) is 10.2 Å². The third-order valence-corrected chi connectivity index (χ3v) is 4.85. The Morgan fingerprint density at radius 3 is 2.89 bits per heavy atom.